The highest BCUT2D eigenvalue weighted by atomic mass is 16.6. The predicted molar refractivity (Wildman–Crippen MR) is 65.2 cm³/mol. The Balaban J connectivity index is 4.61. The van der Waals surface area contributed by atoms with Gasteiger partial charge >= 0.3 is 5.97 Å². The maximum Gasteiger partial charge on any atom is 0.310 e. The van der Waals surface area contributed by atoms with Crippen molar-refractivity contribution in [3.8, 4) is 0 Å². The molecule has 3 nitrogen and oxygen atoms in total. The molecule has 0 aromatic carbocycles. The second-order valence-corrected chi connectivity index (χ2v) is 6.33. The molecule has 16 heavy (non-hydrogen) atoms. The number of methoxy groups -OCH3 is 1. The van der Waals surface area contributed by atoms with Crippen molar-refractivity contribution < 1.29 is 14.3 Å². The summed E-state index contributed by atoms with van der Waals surface area (Å²) in [6.45, 7) is 13.2. The summed E-state index contributed by atoms with van der Waals surface area (Å²) < 4.78 is 10.1. The van der Waals surface area contributed by atoms with Gasteiger partial charge < -0.3 is 9.47 Å². The number of hydrogen-bond donors (Lipinski definition) is 0. The van der Waals surface area contributed by atoms with E-state index in [1.54, 1.807) is 7.11 Å². The second kappa shape index (κ2) is 5.67. The molecule has 0 rings (SSSR count). The van der Waals surface area contributed by atoms with Gasteiger partial charge in [-0.15, -0.1) is 0 Å². The van der Waals surface area contributed by atoms with Crippen molar-refractivity contribution in [2.75, 3.05) is 20.3 Å². The molecule has 3 heteroatoms. The van der Waals surface area contributed by atoms with Crippen LogP contribution in [-0.2, 0) is 14.3 Å². The molecule has 0 saturated carbocycles. The summed E-state index contributed by atoms with van der Waals surface area (Å²) in [4.78, 5) is 12.0. The van der Waals surface area contributed by atoms with Crippen molar-refractivity contribution in [3.05, 3.63) is 0 Å². The van der Waals surface area contributed by atoms with Crippen molar-refractivity contribution in [1.29, 1.82) is 0 Å². The molecule has 0 aliphatic carbocycles. The number of ether oxygens (including phenoxy) is 2. The summed E-state index contributed by atoms with van der Waals surface area (Å²) in [5.74, 6) is -0.242. The smallest absolute Gasteiger partial charge is 0.310 e. The van der Waals surface area contributed by atoms with Crippen molar-refractivity contribution in [3.63, 3.8) is 0 Å². The highest BCUT2D eigenvalue weighted by Crippen LogP contribution is 2.40. The monoisotopic (exact) mass is 230 g/mol. The highest BCUT2D eigenvalue weighted by Gasteiger charge is 2.41. The number of esters is 1. The van der Waals surface area contributed by atoms with Gasteiger partial charge in [0.05, 0.1) is 12.5 Å². The molecule has 0 aromatic heterocycles. The molecule has 0 saturated heterocycles. The first-order valence-corrected chi connectivity index (χ1v) is 5.76. The number of rotatable bonds is 4. The molecule has 96 valence electrons. The molecule has 0 atom stereocenters. The quantitative estimate of drug-likeness (QED) is 0.550. The SMILES string of the molecule is COCCOC(=O)C(C(C)(C)C)C(C)(C)C. The number of hydrogen-bond acceptors (Lipinski definition) is 3. The van der Waals surface area contributed by atoms with Crippen LogP contribution in [0.1, 0.15) is 41.5 Å². The van der Waals surface area contributed by atoms with Crippen LogP contribution in [0.25, 0.3) is 0 Å². The van der Waals surface area contributed by atoms with Crippen LogP contribution in [0.15, 0.2) is 0 Å². The van der Waals surface area contributed by atoms with E-state index in [0.717, 1.165) is 0 Å². The standard InChI is InChI=1S/C13H26O3/c1-12(2,3)10(13(4,5)6)11(14)16-9-8-15-7/h10H,8-9H2,1-7H3. The first kappa shape index (κ1) is 15.4. The van der Waals surface area contributed by atoms with Gasteiger partial charge in [0.25, 0.3) is 0 Å². The molecule has 0 heterocycles. The molecule has 0 aromatic rings. The van der Waals surface area contributed by atoms with Crippen molar-refractivity contribution in [2.45, 2.75) is 41.5 Å². The second-order valence-electron chi connectivity index (χ2n) is 6.33. The molecule has 0 spiro atoms. The van der Waals surface area contributed by atoms with E-state index in [9.17, 15) is 4.79 Å². The predicted octanol–water partition coefficient (Wildman–Crippen LogP) is 2.88. The maximum atomic E-state index is 12.0. The molecule has 0 unspecified atom stereocenters. The zero-order chi connectivity index (χ0) is 13.0. The Morgan fingerprint density at radius 3 is 1.75 bits per heavy atom. The van der Waals surface area contributed by atoms with E-state index >= 15 is 0 Å². The van der Waals surface area contributed by atoms with Crippen LogP contribution in [0.4, 0.5) is 0 Å². The van der Waals surface area contributed by atoms with E-state index in [1.165, 1.54) is 0 Å². The lowest BCUT2D eigenvalue weighted by Gasteiger charge is -2.38. The zero-order valence-corrected chi connectivity index (χ0v) is 11.7. The minimum Gasteiger partial charge on any atom is -0.463 e. The fourth-order valence-electron chi connectivity index (χ4n) is 2.32. The van der Waals surface area contributed by atoms with Crippen LogP contribution in [0, 0.1) is 16.7 Å². The van der Waals surface area contributed by atoms with E-state index in [4.69, 9.17) is 9.47 Å². The molecule has 0 bridgehead atoms. The average molecular weight is 230 g/mol. The van der Waals surface area contributed by atoms with Crippen LogP contribution < -0.4 is 0 Å². The Kier molecular flexibility index (Phi) is 5.47. The van der Waals surface area contributed by atoms with E-state index in [0.29, 0.717) is 13.2 Å². The van der Waals surface area contributed by atoms with Gasteiger partial charge in [0.15, 0.2) is 0 Å². The number of carbonyl (C=O) groups excluding carboxylic acids is 1. The normalized spacial score (nSPS) is 13.0. The first-order valence-electron chi connectivity index (χ1n) is 5.76. The zero-order valence-electron chi connectivity index (χ0n) is 11.7. The Morgan fingerprint density at radius 2 is 1.44 bits per heavy atom. The molecular formula is C13H26O3. The Labute approximate surface area is 99.5 Å². The fourth-order valence-corrected chi connectivity index (χ4v) is 2.32. The lowest BCUT2D eigenvalue weighted by molar-refractivity contribution is -0.159. The van der Waals surface area contributed by atoms with Crippen molar-refractivity contribution in [2.24, 2.45) is 16.7 Å². The molecule has 0 radical (unpaired) electrons. The van der Waals surface area contributed by atoms with Gasteiger partial charge in [0, 0.05) is 7.11 Å². The molecule has 0 aliphatic rings. The Bertz CT molecular complexity index is 206. The topological polar surface area (TPSA) is 35.5 Å². The van der Waals surface area contributed by atoms with Gasteiger partial charge in [-0.25, -0.2) is 0 Å². The van der Waals surface area contributed by atoms with Crippen LogP contribution >= 0.6 is 0 Å². The fraction of sp³-hybridized carbons (Fsp3) is 0.923. The van der Waals surface area contributed by atoms with Crippen molar-refractivity contribution >= 4 is 5.97 Å². The van der Waals surface area contributed by atoms with E-state index < -0.39 is 0 Å². The minimum absolute atomic E-state index is 0.0948. The first-order chi connectivity index (χ1) is 7.10. The van der Waals surface area contributed by atoms with Crippen LogP contribution in [0.2, 0.25) is 0 Å². The van der Waals surface area contributed by atoms with E-state index in [2.05, 4.69) is 41.5 Å². The average Bonchev–Trinajstić information content (AvgIpc) is 1.98. The molecule has 0 amide bonds. The molecular weight excluding hydrogens is 204 g/mol. The summed E-state index contributed by atoms with van der Waals surface area (Å²) in [5.41, 5.74) is -0.190. The van der Waals surface area contributed by atoms with Crippen LogP contribution in [0.3, 0.4) is 0 Å². The lowest BCUT2D eigenvalue weighted by Crippen LogP contribution is -2.40. The summed E-state index contributed by atoms with van der Waals surface area (Å²) >= 11 is 0. The lowest BCUT2D eigenvalue weighted by atomic mass is 9.67. The molecule has 0 fully saturated rings. The third-order valence-electron chi connectivity index (χ3n) is 2.50. The summed E-state index contributed by atoms with van der Waals surface area (Å²) in [5, 5.41) is 0. The highest BCUT2D eigenvalue weighted by molar-refractivity contribution is 5.74. The van der Waals surface area contributed by atoms with Gasteiger partial charge in [0.2, 0.25) is 0 Å². The van der Waals surface area contributed by atoms with Crippen molar-refractivity contribution in [1.82, 2.24) is 0 Å². The third kappa shape index (κ3) is 4.97. The molecule has 0 aliphatic heterocycles. The van der Waals surface area contributed by atoms with Gasteiger partial charge in [-0.3, -0.25) is 4.79 Å². The summed E-state index contributed by atoms with van der Waals surface area (Å²) in [6.07, 6.45) is 0. The minimum atomic E-state index is -0.128. The summed E-state index contributed by atoms with van der Waals surface area (Å²) in [6, 6.07) is 0. The van der Waals surface area contributed by atoms with Crippen LogP contribution in [-0.4, -0.2) is 26.3 Å². The van der Waals surface area contributed by atoms with Gasteiger partial charge in [0.1, 0.15) is 6.61 Å². The van der Waals surface area contributed by atoms with E-state index in [1.807, 2.05) is 0 Å². The third-order valence-corrected chi connectivity index (χ3v) is 2.50. The van der Waals surface area contributed by atoms with Crippen LogP contribution in [0.5, 0.6) is 0 Å². The Morgan fingerprint density at radius 1 is 1.00 bits per heavy atom. The number of carbonyl (C=O) groups is 1. The molecule has 0 N–H and O–H groups in total. The van der Waals surface area contributed by atoms with Gasteiger partial charge in [-0.1, -0.05) is 41.5 Å². The largest absolute Gasteiger partial charge is 0.463 e. The van der Waals surface area contributed by atoms with E-state index in [-0.39, 0.29) is 22.7 Å². The van der Waals surface area contributed by atoms with Gasteiger partial charge in [-0.05, 0) is 10.8 Å². The van der Waals surface area contributed by atoms with Gasteiger partial charge in [-0.2, -0.15) is 0 Å². The Hall–Kier alpha value is -0.570. The maximum absolute atomic E-state index is 12.0. The summed E-state index contributed by atoms with van der Waals surface area (Å²) in [7, 11) is 1.60.